The molecule has 3 N–H and O–H groups in total. The number of hydrogen-bond acceptors (Lipinski definition) is 5. The number of nitrogens with zero attached hydrogens (tertiary/aromatic N) is 4. The first-order valence-electron chi connectivity index (χ1n) is 10.3. The van der Waals surface area contributed by atoms with Crippen LogP contribution >= 0.6 is 0 Å². The molecule has 0 saturated heterocycles. The van der Waals surface area contributed by atoms with Gasteiger partial charge in [-0.3, -0.25) is 9.48 Å². The number of ether oxygens (including phenoxy) is 1. The van der Waals surface area contributed by atoms with Gasteiger partial charge < -0.3 is 15.8 Å². The number of nitrogens with one attached hydrogen (secondary N) is 1. The first kappa shape index (κ1) is 19.3. The molecule has 1 aliphatic rings. The fourth-order valence-electron chi connectivity index (χ4n) is 3.60. The van der Waals surface area contributed by atoms with Crippen molar-refractivity contribution in [3.05, 3.63) is 66.5 Å². The molecule has 0 aliphatic heterocycles. The molecule has 158 valence electrons. The lowest BCUT2D eigenvalue weighted by Crippen LogP contribution is -2.19. The normalized spacial score (nSPS) is 14.5. The van der Waals surface area contributed by atoms with Gasteiger partial charge in [-0.05, 0) is 30.5 Å². The van der Waals surface area contributed by atoms with E-state index in [1.807, 2.05) is 61.8 Å². The van der Waals surface area contributed by atoms with Crippen LogP contribution in [-0.2, 0) is 11.8 Å². The summed E-state index contributed by atoms with van der Waals surface area (Å²) < 4.78 is 9.57. The Bertz CT molecular complexity index is 1230. The maximum Gasteiger partial charge on any atom is 0.228 e. The minimum absolute atomic E-state index is 0.0423. The largest absolute Gasteiger partial charge is 0.488 e. The molecule has 0 unspecified atom stereocenters. The van der Waals surface area contributed by atoms with Crippen molar-refractivity contribution in [3.63, 3.8) is 0 Å². The van der Waals surface area contributed by atoms with E-state index in [0.29, 0.717) is 18.2 Å². The Kier molecular flexibility index (Phi) is 4.91. The number of benzene rings is 1. The number of aryl methyl sites for hydroxylation is 1. The molecule has 1 amide bonds. The minimum atomic E-state index is -0.232. The predicted molar refractivity (Wildman–Crippen MR) is 118 cm³/mol. The zero-order valence-corrected chi connectivity index (χ0v) is 17.2. The molecule has 8 heteroatoms. The van der Waals surface area contributed by atoms with Crippen molar-refractivity contribution >= 4 is 17.2 Å². The van der Waals surface area contributed by atoms with Crippen molar-refractivity contribution in [3.8, 4) is 17.0 Å². The third-order valence-electron chi connectivity index (χ3n) is 5.49. The summed E-state index contributed by atoms with van der Waals surface area (Å²) >= 11 is 0. The number of rotatable bonds is 7. The third-order valence-corrected chi connectivity index (χ3v) is 5.49. The van der Waals surface area contributed by atoms with Crippen LogP contribution in [0.3, 0.4) is 0 Å². The van der Waals surface area contributed by atoms with E-state index in [9.17, 15) is 4.79 Å². The van der Waals surface area contributed by atoms with Gasteiger partial charge in [0.1, 0.15) is 12.3 Å². The van der Waals surface area contributed by atoms with Crippen LogP contribution in [0.5, 0.6) is 5.75 Å². The van der Waals surface area contributed by atoms with E-state index in [1.54, 1.807) is 15.4 Å². The Morgan fingerprint density at radius 3 is 2.84 bits per heavy atom. The van der Waals surface area contributed by atoms with Crippen molar-refractivity contribution in [1.29, 1.82) is 0 Å². The number of aromatic nitrogens is 4. The Balaban J connectivity index is 1.37. The maximum absolute atomic E-state index is 12.0. The number of pyridine rings is 1. The van der Waals surface area contributed by atoms with Crippen LogP contribution in [0.25, 0.3) is 16.8 Å². The van der Waals surface area contributed by atoms with E-state index in [0.717, 1.165) is 35.2 Å². The van der Waals surface area contributed by atoms with Crippen molar-refractivity contribution in [2.75, 3.05) is 11.9 Å². The van der Waals surface area contributed by atoms with E-state index in [-0.39, 0.29) is 17.9 Å². The number of carbonyl (C=O) groups excluding carboxylic acids is 1. The monoisotopic (exact) mass is 416 g/mol. The summed E-state index contributed by atoms with van der Waals surface area (Å²) in [5.41, 5.74) is 9.97. The van der Waals surface area contributed by atoms with Gasteiger partial charge in [0, 0.05) is 30.8 Å². The first-order valence-corrected chi connectivity index (χ1v) is 10.3. The molecule has 5 rings (SSSR count). The first-order chi connectivity index (χ1) is 15.1. The second kappa shape index (κ2) is 7.88. The van der Waals surface area contributed by atoms with Gasteiger partial charge in [0.05, 0.1) is 17.8 Å². The Morgan fingerprint density at radius 1 is 1.26 bits per heavy atom. The minimum Gasteiger partial charge on any atom is -0.488 e. The second-order valence-corrected chi connectivity index (χ2v) is 7.89. The van der Waals surface area contributed by atoms with Gasteiger partial charge in [0.2, 0.25) is 5.91 Å². The SMILES string of the molecule is Cn1ncc(OC[C@H](N)c2ccccc2)c1-c1ccn2nc(NC(=O)C3CC3)cc2c1. The molecule has 1 atom stereocenters. The number of hydrogen-bond donors (Lipinski definition) is 2. The molecular weight excluding hydrogens is 392 g/mol. The highest BCUT2D eigenvalue weighted by atomic mass is 16.5. The summed E-state index contributed by atoms with van der Waals surface area (Å²) in [5, 5.41) is 11.7. The zero-order valence-electron chi connectivity index (χ0n) is 17.2. The van der Waals surface area contributed by atoms with Crippen LogP contribution in [-0.4, -0.2) is 31.9 Å². The topological polar surface area (TPSA) is 99.5 Å². The van der Waals surface area contributed by atoms with Gasteiger partial charge in [0.15, 0.2) is 11.6 Å². The molecule has 0 radical (unpaired) electrons. The van der Waals surface area contributed by atoms with Crippen molar-refractivity contribution in [1.82, 2.24) is 19.4 Å². The van der Waals surface area contributed by atoms with Crippen LogP contribution in [0.15, 0.2) is 60.9 Å². The third kappa shape index (κ3) is 4.02. The highest BCUT2D eigenvalue weighted by Crippen LogP contribution is 2.32. The smallest absolute Gasteiger partial charge is 0.228 e. The summed E-state index contributed by atoms with van der Waals surface area (Å²) in [7, 11) is 1.88. The van der Waals surface area contributed by atoms with Gasteiger partial charge in [-0.2, -0.15) is 10.2 Å². The van der Waals surface area contributed by atoms with Gasteiger partial charge in [-0.15, -0.1) is 0 Å². The zero-order chi connectivity index (χ0) is 21.4. The van der Waals surface area contributed by atoms with Crippen LogP contribution in [0.2, 0.25) is 0 Å². The Hall–Kier alpha value is -3.65. The van der Waals surface area contributed by atoms with E-state index in [4.69, 9.17) is 10.5 Å². The molecule has 31 heavy (non-hydrogen) atoms. The molecule has 1 saturated carbocycles. The maximum atomic E-state index is 12.0. The molecule has 8 nitrogen and oxygen atoms in total. The van der Waals surface area contributed by atoms with E-state index in [1.165, 1.54) is 0 Å². The molecule has 3 heterocycles. The van der Waals surface area contributed by atoms with Crippen LogP contribution in [0, 0.1) is 5.92 Å². The van der Waals surface area contributed by atoms with Crippen LogP contribution in [0.4, 0.5) is 5.82 Å². The number of nitrogens with two attached hydrogens (primary N) is 1. The van der Waals surface area contributed by atoms with E-state index < -0.39 is 0 Å². The van der Waals surface area contributed by atoms with Crippen LogP contribution in [0.1, 0.15) is 24.4 Å². The fourth-order valence-corrected chi connectivity index (χ4v) is 3.60. The molecule has 1 aromatic carbocycles. The Morgan fingerprint density at radius 2 is 2.06 bits per heavy atom. The standard InChI is InChI=1S/C23H24N6O2/c1-28-22(20(13-25-28)31-14-19(24)15-5-3-2-4-6-15)17-9-10-29-18(11-17)12-21(27-29)26-23(30)16-7-8-16/h2-6,9-13,16,19H,7-8,14,24H2,1H3,(H,26,27,30)/t19-/m0/s1. The predicted octanol–water partition coefficient (Wildman–Crippen LogP) is 3.16. The van der Waals surface area contributed by atoms with Crippen LogP contribution < -0.4 is 15.8 Å². The molecule has 4 aromatic rings. The lowest BCUT2D eigenvalue weighted by Gasteiger charge is -2.14. The molecule has 1 aliphatic carbocycles. The Labute approximate surface area is 179 Å². The summed E-state index contributed by atoms with van der Waals surface area (Å²) in [4.78, 5) is 12.0. The molecule has 0 spiro atoms. The van der Waals surface area contributed by atoms with E-state index in [2.05, 4.69) is 15.5 Å². The number of carbonyl (C=O) groups is 1. The molecule has 0 bridgehead atoms. The van der Waals surface area contributed by atoms with Crippen molar-refractivity contribution in [2.45, 2.75) is 18.9 Å². The molecular formula is C23H24N6O2. The summed E-state index contributed by atoms with van der Waals surface area (Å²) in [6, 6.07) is 15.5. The van der Waals surface area contributed by atoms with Gasteiger partial charge >= 0.3 is 0 Å². The lowest BCUT2D eigenvalue weighted by molar-refractivity contribution is -0.117. The highest BCUT2D eigenvalue weighted by Gasteiger charge is 2.30. The quantitative estimate of drug-likeness (QED) is 0.482. The van der Waals surface area contributed by atoms with E-state index >= 15 is 0 Å². The van der Waals surface area contributed by atoms with Crippen molar-refractivity contribution in [2.24, 2.45) is 18.7 Å². The number of fused-ring (bicyclic) bond motifs is 1. The average molecular weight is 416 g/mol. The lowest BCUT2D eigenvalue weighted by atomic mass is 10.1. The number of amides is 1. The van der Waals surface area contributed by atoms with Gasteiger partial charge in [-0.1, -0.05) is 30.3 Å². The highest BCUT2D eigenvalue weighted by molar-refractivity contribution is 5.93. The number of anilines is 1. The van der Waals surface area contributed by atoms with Gasteiger partial charge in [-0.25, -0.2) is 4.52 Å². The molecule has 3 aromatic heterocycles. The fraction of sp³-hybridized carbons (Fsp3) is 0.261. The summed E-state index contributed by atoms with van der Waals surface area (Å²) in [6.45, 7) is 0.342. The second-order valence-electron chi connectivity index (χ2n) is 7.89. The summed E-state index contributed by atoms with van der Waals surface area (Å²) in [5.74, 6) is 1.40. The average Bonchev–Trinajstić information content (AvgIpc) is 3.47. The van der Waals surface area contributed by atoms with Crippen molar-refractivity contribution < 1.29 is 9.53 Å². The van der Waals surface area contributed by atoms with Gasteiger partial charge in [0.25, 0.3) is 0 Å². The molecule has 1 fully saturated rings. The summed E-state index contributed by atoms with van der Waals surface area (Å²) in [6.07, 6.45) is 5.49.